The predicted octanol–water partition coefficient (Wildman–Crippen LogP) is 2.16. The van der Waals surface area contributed by atoms with Crippen molar-refractivity contribution in [2.45, 2.75) is 25.6 Å². The minimum absolute atomic E-state index is 0.0474. The molecule has 31 heavy (non-hydrogen) atoms. The fourth-order valence-corrected chi connectivity index (χ4v) is 7.49. The highest BCUT2D eigenvalue weighted by molar-refractivity contribution is 14.1. The van der Waals surface area contributed by atoms with Crippen molar-refractivity contribution in [1.82, 2.24) is 0 Å². The Morgan fingerprint density at radius 2 is 1.55 bits per heavy atom. The van der Waals surface area contributed by atoms with Gasteiger partial charge in [-0.2, -0.15) is 0 Å². The van der Waals surface area contributed by atoms with Crippen LogP contribution in [0.25, 0.3) is 0 Å². The van der Waals surface area contributed by atoms with E-state index in [1.807, 2.05) is 30.3 Å². The Morgan fingerprint density at radius 1 is 0.968 bits per heavy atom. The Bertz CT molecular complexity index is 1290. The number of carbonyl (C=O) groups excluding carboxylic acids is 1. The molecule has 1 aliphatic carbocycles. The number of primary amides is 1. The van der Waals surface area contributed by atoms with Crippen molar-refractivity contribution in [3.05, 3.63) is 83.6 Å². The van der Waals surface area contributed by atoms with Gasteiger partial charge in [-0.05, 0) is 23.8 Å². The fourth-order valence-electron chi connectivity index (χ4n) is 3.06. The lowest BCUT2D eigenvalue weighted by molar-refractivity contribution is -0.114. The molecule has 0 saturated carbocycles. The first-order chi connectivity index (χ1) is 14.5. The van der Waals surface area contributed by atoms with Crippen LogP contribution >= 0.6 is 22.6 Å². The fraction of sp³-hybridized carbons (Fsp3) is 0.150. The number of carbonyl (C=O) groups is 1. The summed E-state index contributed by atoms with van der Waals surface area (Å²) in [5, 5.41) is 5.25. The van der Waals surface area contributed by atoms with Gasteiger partial charge in [-0.1, -0.05) is 71.1 Å². The molecule has 3 rings (SSSR count). The third kappa shape index (κ3) is 4.68. The van der Waals surface area contributed by atoms with E-state index >= 15 is 0 Å². The highest BCUT2D eigenvalue weighted by Crippen LogP contribution is 2.47. The molecular formula is C20H19IN2O6S2. The van der Waals surface area contributed by atoms with E-state index in [4.69, 9.17) is 15.6 Å². The molecule has 0 aliphatic heterocycles. The molecule has 4 N–H and O–H groups in total. The number of sulfonamides is 1. The van der Waals surface area contributed by atoms with Crippen LogP contribution in [0, 0.1) is 0 Å². The zero-order chi connectivity index (χ0) is 22.9. The lowest BCUT2D eigenvalue weighted by atomic mass is 10.0. The number of alkyl halides is 1. The summed E-state index contributed by atoms with van der Waals surface area (Å²) >= 11 is 1.67. The molecule has 0 saturated heterocycles. The van der Waals surface area contributed by atoms with Gasteiger partial charge in [0.05, 0.1) is 4.90 Å². The van der Waals surface area contributed by atoms with E-state index < -0.39 is 38.3 Å². The van der Waals surface area contributed by atoms with Crippen molar-refractivity contribution >= 4 is 48.4 Å². The largest absolute Gasteiger partial charge is 0.491 e. The van der Waals surface area contributed by atoms with Gasteiger partial charge in [-0.25, -0.2) is 22.0 Å². The number of nitrogens with two attached hydrogens (primary N) is 2. The molecule has 2 aromatic rings. The molecule has 0 heterocycles. The van der Waals surface area contributed by atoms with Gasteiger partial charge in [0.2, 0.25) is 25.8 Å². The Hall–Kier alpha value is -2.22. The van der Waals surface area contributed by atoms with Crippen LogP contribution in [0.1, 0.15) is 12.0 Å². The molecule has 1 unspecified atom stereocenters. The number of allylic oxidation sites excluding steroid dienone is 2. The van der Waals surface area contributed by atoms with Crippen LogP contribution in [0.5, 0.6) is 0 Å². The number of sulfone groups is 1. The topological polar surface area (TPSA) is 147 Å². The van der Waals surface area contributed by atoms with Crippen LogP contribution in [0.4, 0.5) is 0 Å². The van der Waals surface area contributed by atoms with E-state index in [1.54, 1.807) is 22.6 Å². The van der Waals surface area contributed by atoms with Gasteiger partial charge in [0.15, 0.2) is 2.75 Å². The Balaban J connectivity index is 2.12. The molecular weight excluding hydrogens is 555 g/mol. The van der Waals surface area contributed by atoms with E-state index in [0.717, 1.165) is 17.7 Å². The van der Waals surface area contributed by atoms with Crippen LogP contribution in [-0.4, -0.2) is 25.5 Å². The quantitative estimate of drug-likeness (QED) is 0.383. The van der Waals surface area contributed by atoms with Crippen molar-refractivity contribution in [2.75, 3.05) is 0 Å². The van der Waals surface area contributed by atoms with Gasteiger partial charge >= 0.3 is 0 Å². The SMILES string of the molecule is NC(=O)C1=CC=C(OCc2ccccc2)C(I)(S(=O)(=O)c2ccccc2S(N)(=O)=O)C1. The van der Waals surface area contributed by atoms with Crippen molar-refractivity contribution in [3.63, 3.8) is 0 Å². The predicted molar refractivity (Wildman–Crippen MR) is 123 cm³/mol. The van der Waals surface area contributed by atoms with Crippen molar-refractivity contribution in [1.29, 1.82) is 0 Å². The van der Waals surface area contributed by atoms with Crippen LogP contribution in [0.2, 0.25) is 0 Å². The molecule has 0 aromatic heterocycles. The maximum absolute atomic E-state index is 13.7. The zero-order valence-corrected chi connectivity index (χ0v) is 19.9. The summed E-state index contributed by atoms with van der Waals surface area (Å²) in [6.07, 6.45) is 2.47. The van der Waals surface area contributed by atoms with Gasteiger partial charge in [-0.15, -0.1) is 0 Å². The first kappa shape index (κ1) is 23.4. The average Bonchev–Trinajstić information content (AvgIpc) is 2.72. The second-order valence-corrected chi connectivity index (χ2v) is 13.0. The molecule has 11 heteroatoms. The van der Waals surface area contributed by atoms with E-state index in [0.29, 0.717) is 0 Å². The number of hydrogen-bond acceptors (Lipinski definition) is 6. The molecule has 1 aliphatic rings. The van der Waals surface area contributed by atoms with E-state index in [2.05, 4.69) is 0 Å². The summed E-state index contributed by atoms with van der Waals surface area (Å²) in [6.45, 7) is 0.0729. The van der Waals surface area contributed by atoms with Gasteiger partial charge in [0, 0.05) is 12.0 Å². The van der Waals surface area contributed by atoms with Gasteiger partial charge < -0.3 is 10.5 Å². The van der Waals surface area contributed by atoms with Gasteiger partial charge in [-0.3, -0.25) is 4.79 Å². The molecule has 0 bridgehead atoms. The third-order valence-corrected chi connectivity index (χ3v) is 10.5. The summed E-state index contributed by atoms with van der Waals surface area (Å²) in [4.78, 5) is 10.8. The summed E-state index contributed by atoms with van der Waals surface area (Å²) in [5.74, 6) is -0.736. The number of primary sulfonamides is 1. The second-order valence-electron chi connectivity index (χ2n) is 6.76. The number of rotatable bonds is 7. The lowest BCUT2D eigenvalue weighted by Crippen LogP contribution is -2.39. The molecule has 0 radical (unpaired) electrons. The Labute approximate surface area is 194 Å². The first-order valence-corrected chi connectivity index (χ1v) is 13.0. The van der Waals surface area contributed by atoms with E-state index in [9.17, 15) is 21.6 Å². The van der Waals surface area contributed by atoms with Crippen LogP contribution < -0.4 is 10.9 Å². The normalized spacial score (nSPS) is 19.3. The maximum atomic E-state index is 13.7. The molecule has 0 fully saturated rings. The Kier molecular flexibility index (Phi) is 6.60. The maximum Gasteiger partial charge on any atom is 0.244 e. The molecule has 1 amide bonds. The van der Waals surface area contributed by atoms with E-state index in [-0.39, 0.29) is 24.4 Å². The molecule has 164 valence electrons. The smallest absolute Gasteiger partial charge is 0.244 e. The van der Waals surface area contributed by atoms with E-state index in [1.165, 1.54) is 24.3 Å². The van der Waals surface area contributed by atoms with Gasteiger partial charge in [0.25, 0.3) is 0 Å². The number of benzene rings is 2. The third-order valence-electron chi connectivity index (χ3n) is 4.65. The van der Waals surface area contributed by atoms with Crippen LogP contribution in [0.3, 0.4) is 0 Å². The molecule has 2 aromatic carbocycles. The molecule has 1 atom stereocenters. The molecule has 8 nitrogen and oxygen atoms in total. The minimum atomic E-state index is -4.41. The Morgan fingerprint density at radius 3 is 2.13 bits per heavy atom. The minimum Gasteiger partial charge on any atom is -0.491 e. The lowest BCUT2D eigenvalue weighted by Gasteiger charge is -2.33. The number of ether oxygens (including phenoxy) is 1. The van der Waals surface area contributed by atoms with Crippen molar-refractivity contribution < 1.29 is 26.4 Å². The number of halogens is 1. The van der Waals surface area contributed by atoms with Crippen LogP contribution in [-0.2, 0) is 36.0 Å². The standard InChI is InChI=1S/C20H19IN2O6S2/c21-20(30(25,26)16-8-4-5-9-17(16)31(23,27)28)12-15(19(22)24)10-11-18(20)29-13-14-6-2-1-3-7-14/h1-11H,12-13H2,(H2,22,24)(H2,23,27,28). The monoisotopic (exact) mass is 574 g/mol. The average molecular weight is 574 g/mol. The number of hydrogen-bond donors (Lipinski definition) is 2. The summed E-state index contributed by atoms with van der Waals surface area (Å²) < 4.78 is 55.6. The highest BCUT2D eigenvalue weighted by Gasteiger charge is 2.51. The van der Waals surface area contributed by atoms with Crippen molar-refractivity contribution in [2.24, 2.45) is 10.9 Å². The van der Waals surface area contributed by atoms with Gasteiger partial charge in [0.1, 0.15) is 17.3 Å². The summed E-state index contributed by atoms with van der Waals surface area (Å²) in [7, 11) is -8.74. The van der Waals surface area contributed by atoms with Crippen molar-refractivity contribution in [3.8, 4) is 0 Å². The summed E-state index contributed by atoms with van der Waals surface area (Å²) in [5.41, 5.74) is 6.26. The molecule has 0 spiro atoms. The zero-order valence-electron chi connectivity index (χ0n) is 16.1. The first-order valence-electron chi connectivity index (χ1n) is 8.90. The van der Waals surface area contributed by atoms with Crippen LogP contribution in [0.15, 0.2) is 87.9 Å². The highest BCUT2D eigenvalue weighted by atomic mass is 127. The summed E-state index contributed by atoms with van der Waals surface area (Å²) in [6, 6.07) is 14.1. The second kappa shape index (κ2) is 8.73. The number of amides is 1.